The summed E-state index contributed by atoms with van der Waals surface area (Å²) in [5.74, 6) is 0.432. The first-order valence-electron chi connectivity index (χ1n) is 20.0. The highest BCUT2D eigenvalue weighted by molar-refractivity contribution is 8.00. The number of fused-ring (bicyclic) bond motifs is 13. The minimum absolute atomic E-state index is 0.432. The van der Waals surface area contributed by atoms with Crippen LogP contribution in [0.5, 0.6) is 0 Å². The first-order chi connectivity index (χ1) is 28.8. The lowest BCUT2D eigenvalue weighted by Gasteiger charge is -2.14. The summed E-state index contributed by atoms with van der Waals surface area (Å²) in [5.41, 5.74) is 13.6. The molecule has 0 saturated heterocycles. The van der Waals surface area contributed by atoms with Crippen molar-refractivity contribution in [3.8, 4) is 33.6 Å². The van der Waals surface area contributed by atoms with E-state index >= 15 is 0 Å². The van der Waals surface area contributed by atoms with Crippen molar-refractivity contribution < 1.29 is 0 Å². The molecule has 4 heteroatoms. The molecule has 0 saturated carbocycles. The first-order valence-corrected chi connectivity index (χ1v) is 21.7. The third-order valence-corrected chi connectivity index (χ3v) is 15.0. The summed E-state index contributed by atoms with van der Waals surface area (Å²) in [6.07, 6.45) is 9.12. The number of hydrogen-bond donors (Lipinski definition) is 0. The van der Waals surface area contributed by atoms with Crippen LogP contribution < -0.4 is 0 Å². The van der Waals surface area contributed by atoms with Gasteiger partial charge in [-0.15, -0.1) is 23.1 Å². The van der Waals surface area contributed by atoms with Crippen LogP contribution in [0.3, 0.4) is 0 Å². The second-order valence-electron chi connectivity index (χ2n) is 15.6. The zero-order chi connectivity index (χ0) is 37.9. The van der Waals surface area contributed by atoms with Crippen molar-refractivity contribution in [1.29, 1.82) is 0 Å². The van der Waals surface area contributed by atoms with E-state index in [4.69, 9.17) is 0 Å². The Balaban J connectivity index is 1.02. The van der Waals surface area contributed by atoms with Gasteiger partial charge in [-0.05, 0) is 82.4 Å². The fraction of sp³-hybridized carbons (Fsp3) is 0.0370. The lowest BCUT2D eigenvalue weighted by molar-refractivity contribution is 0.881. The molecule has 0 N–H and O–H groups in total. The van der Waals surface area contributed by atoms with Gasteiger partial charge < -0.3 is 9.13 Å². The summed E-state index contributed by atoms with van der Waals surface area (Å²) in [7, 11) is 0. The largest absolute Gasteiger partial charge is 0.309 e. The summed E-state index contributed by atoms with van der Waals surface area (Å²) in [4.78, 5) is 1.41. The van der Waals surface area contributed by atoms with Crippen LogP contribution in [0.15, 0.2) is 199 Å². The third-order valence-electron chi connectivity index (χ3n) is 12.4. The molecule has 0 radical (unpaired) electrons. The zero-order valence-electron chi connectivity index (χ0n) is 31.3. The number of thiophene rings is 1. The summed E-state index contributed by atoms with van der Waals surface area (Å²) in [6.45, 7) is 0. The minimum atomic E-state index is 0.432. The minimum Gasteiger partial charge on any atom is -0.309 e. The predicted octanol–water partition coefficient (Wildman–Crippen LogP) is 15.3. The maximum absolute atomic E-state index is 2.52. The maximum Gasteiger partial charge on any atom is 0.0641 e. The van der Waals surface area contributed by atoms with Crippen molar-refractivity contribution in [2.45, 2.75) is 16.1 Å². The van der Waals surface area contributed by atoms with E-state index in [1.54, 1.807) is 0 Å². The Morgan fingerprint density at radius 2 is 1.10 bits per heavy atom. The molecule has 0 fully saturated rings. The zero-order valence-corrected chi connectivity index (χ0v) is 33.0. The molecule has 3 aromatic heterocycles. The number of hydrogen-bond acceptors (Lipinski definition) is 2. The Labute approximate surface area is 343 Å². The summed E-state index contributed by atoms with van der Waals surface area (Å²) in [6, 6.07) is 63.4. The standard InChI is InChI=1S/C54H34N2S2/c1-5-22-46-39(16-1)43-28-29-48-52(53(43)56(46)37-15-10-13-35(31-37)38-20-11-21-44-41-18-4-8-25-50(41)58-54(38)44)45-19-2-6-23-47(45)55(48)36-14-9-12-33(30-36)34-26-27-42-40-17-3-7-24-49(40)57-51(42)32-34/h1-32,41,50H. The number of allylic oxidation sites excluding steroid dienone is 3. The quantitative estimate of drug-likeness (QED) is 0.173. The van der Waals surface area contributed by atoms with Crippen molar-refractivity contribution in [2.75, 3.05) is 0 Å². The molecule has 2 unspecified atom stereocenters. The fourth-order valence-electron chi connectivity index (χ4n) is 9.89. The number of benzene rings is 8. The molecule has 0 amide bonds. The normalized spacial score (nSPS) is 16.1. The van der Waals surface area contributed by atoms with E-state index in [0.29, 0.717) is 11.2 Å². The summed E-state index contributed by atoms with van der Waals surface area (Å²) >= 11 is 3.88. The maximum atomic E-state index is 2.52. The molecular formula is C54H34N2S2. The number of aromatic nitrogens is 2. The molecule has 2 aliphatic rings. The van der Waals surface area contributed by atoms with Crippen molar-refractivity contribution >= 4 is 86.9 Å². The molecule has 1 aliphatic carbocycles. The molecule has 272 valence electrons. The second kappa shape index (κ2) is 12.5. The SMILES string of the molecule is C1=CC2Sc3c(-c4cccc(-n5c6ccccc6c6ccc7c(c8ccccc8n7-c7cccc(-c8ccc9c(c8)sc8ccccc89)c7)c65)c4)cccc3C2C=C1. The van der Waals surface area contributed by atoms with E-state index in [-0.39, 0.29) is 0 Å². The van der Waals surface area contributed by atoms with Gasteiger partial charge in [0.15, 0.2) is 0 Å². The number of rotatable bonds is 4. The summed E-state index contributed by atoms with van der Waals surface area (Å²) < 4.78 is 7.64. The van der Waals surface area contributed by atoms with Gasteiger partial charge in [0.25, 0.3) is 0 Å². The van der Waals surface area contributed by atoms with E-state index < -0.39 is 0 Å². The van der Waals surface area contributed by atoms with E-state index in [1.165, 1.54) is 102 Å². The van der Waals surface area contributed by atoms with Crippen LogP contribution in [0.2, 0.25) is 0 Å². The van der Waals surface area contributed by atoms with Crippen LogP contribution in [0, 0.1) is 0 Å². The van der Waals surface area contributed by atoms with Gasteiger partial charge >= 0.3 is 0 Å². The molecule has 13 rings (SSSR count). The van der Waals surface area contributed by atoms with Gasteiger partial charge in [-0.25, -0.2) is 0 Å². The van der Waals surface area contributed by atoms with E-state index in [0.717, 1.165) is 5.69 Å². The number of nitrogens with zero attached hydrogens (tertiary/aromatic N) is 2. The van der Waals surface area contributed by atoms with Gasteiger partial charge in [-0.3, -0.25) is 0 Å². The average Bonchev–Trinajstić information content (AvgIpc) is 4.04. The number of para-hydroxylation sites is 2. The fourth-order valence-corrected chi connectivity index (χ4v) is 12.5. The van der Waals surface area contributed by atoms with Crippen LogP contribution in [0.25, 0.3) is 97.4 Å². The predicted molar refractivity (Wildman–Crippen MR) is 250 cm³/mol. The van der Waals surface area contributed by atoms with Gasteiger partial charge in [-0.1, -0.05) is 140 Å². The smallest absolute Gasteiger partial charge is 0.0641 e. The van der Waals surface area contributed by atoms with E-state index in [1.807, 2.05) is 23.1 Å². The molecule has 58 heavy (non-hydrogen) atoms. The number of thioether (sulfide) groups is 1. The second-order valence-corrected chi connectivity index (χ2v) is 17.8. The van der Waals surface area contributed by atoms with Crippen molar-refractivity contribution in [2.24, 2.45) is 0 Å². The molecule has 0 spiro atoms. The van der Waals surface area contributed by atoms with Gasteiger partial charge in [0.1, 0.15) is 0 Å². The lowest BCUT2D eigenvalue weighted by Crippen LogP contribution is -2.06. The first kappa shape index (κ1) is 32.5. The van der Waals surface area contributed by atoms with Crippen molar-refractivity contribution in [1.82, 2.24) is 9.13 Å². The Morgan fingerprint density at radius 1 is 0.431 bits per heavy atom. The highest BCUT2D eigenvalue weighted by Crippen LogP contribution is 2.52. The van der Waals surface area contributed by atoms with Crippen molar-refractivity contribution in [3.63, 3.8) is 0 Å². The van der Waals surface area contributed by atoms with Crippen LogP contribution in [-0.2, 0) is 0 Å². The average molecular weight is 775 g/mol. The van der Waals surface area contributed by atoms with Crippen LogP contribution >= 0.6 is 23.1 Å². The summed E-state index contributed by atoms with van der Waals surface area (Å²) in [5, 5.41) is 8.16. The molecule has 8 aromatic carbocycles. The lowest BCUT2D eigenvalue weighted by atomic mass is 9.90. The highest BCUT2D eigenvalue weighted by Gasteiger charge is 2.33. The highest BCUT2D eigenvalue weighted by atomic mass is 32.2. The molecule has 2 atom stereocenters. The van der Waals surface area contributed by atoms with Gasteiger partial charge in [0.05, 0.1) is 22.1 Å². The van der Waals surface area contributed by atoms with Gasteiger partial charge in [0.2, 0.25) is 0 Å². The Bertz CT molecular complexity index is 3570. The Hall–Kier alpha value is -6.59. The van der Waals surface area contributed by atoms with Gasteiger partial charge in [0, 0.05) is 69.2 Å². The van der Waals surface area contributed by atoms with Crippen LogP contribution in [0.4, 0.5) is 0 Å². The Morgan fingerprint density at radius 3 is 2.00 bits per heavy atom. The molecule has 2 nitrogen and oxygen atoms in total. The monoisotopic (exact) mass is 774 g/mol. The topological polar surface area (TPSA) is 9.86 Å². The molecule has 1 aliphatic heterocycles. The Kier molecular flexibility index (Phi) is 6.98. The molecule has 11 aromatic rings. The van der Waals surface area contributed by atoms with Gasteiger partial charge in [-0.2, -0.15) is 0 Å². The van der Waals surface area contributed by atoms with E-state index in [2.05, 4.69) is 203 Å². The molecule has 0 bridgehead atoms. The molecular weight excluding hydrogens is 741 g/mol. The third kappa shape index (κ3) is 4.67. The van der Waals surface area contributed by atoms with Crippen LogP contribution in [-0.4, -0.2) is 14.4 Å². The molecule has 4 heterocycles. The van der Waals surface area contributed by atoms with Crippen LogP contribution in [0.1, 0.15) is 11.5 Å². The van der Waals surface area contributed by atoms with E-state index in [9.17, 15) is 0 Å². The van der Waals surface area contributed by atoms with Crippen molar-refractivity contribution in [3.05, 3.63) is 200 Å².